The summed E-state index contributed by atoms with van der Waals surface area (Å²) in [5.74, 6) is 2.00. The largest absolute Gasteiger partial charge is 0.468 e. The highest BCUT2D eigenvalue weighted by molar-refractivity contribution is 6.34. The Morgan fingerprint density at radius 2 is 1.22 bits per heavy atom. The molecule has 18 nitrogen and oxygen atoms in total. The number of rotatable bonds is 8. The number of anilines is 1. The van der Waals surface area contributed by atoms with Crippen molar-refractivity contribution < 1.29 is 14.6 Å². The molecule has 68 heavy (non-hydrogen) atoms. The lowest BCUT2D eigenvalue weighted by atomic mass is 9.93. The van der Waals surface area contributed by atoms with Gasteiger partial charge in [0.1, 0.15) is 39.7 Å². The number of aromatic amines is 4. The van der Waals surface area contributed by atoms with Crippen molar-refractivity contribution in [2.75, 3.05) is 12.4 Å². The number of halogens is 3. The van der Waals surface area contributed by atoms with Crippen molar-refractivity contribution >= 4 is 81.3 Å². The number of H-pyrrole nitrogens is 4. The third-order valence-electron chi connectivity index (χ3n) is 10.4. The van der Waals surface area contributed by atoms with E-state index in [1.54, 1.807) is 67.8 Å². The fourth-order valence-corrected chi connectivity index (χ4v) is 7.27. The Hall–Kier alpha value is -7.30. The Kier molecular flexibility index (Phi) is 19.0. The molecule has 0 aliphatic heterocycles. The van der Waals surface area contributed by atoms with Gasteiger partial charge in [-0.1, -0.05) is 25.4 Å². The summed E-state index contributed by atoms with van der Waals surface area (Å²) in [6.07, 6.45) is 19.6. The van der Waals surface area contributed by atoms with Gasteiger partial charge in [0.25, 0.3) is 5.56 Å². The van der Waals surface area contributed by atoms with Crippen molar-refractivity contribution in [1.29, 1.82) is 5.26 Å². The second kappa shape index (κ2) is 25.0. The van der Waals surface area contributed by atoms with Crippen LogP contribution in [0.25, 0.3) is 67.3 Å². The molecular weight excluding hydrogens is 931 g/mol. The lowest BCUT2D eigenvalue weighted by molar-refractivity contribution is -0.143. The first-order chi connectivity index (χ1) is 32.1. The number of hydrogen-bond acceptors (Lipinski definition) is 14. The zero-order valence-electron chi connectivity index (χ0n) is 37.1. The fourth-order valence-electron chi connectivity index (χ4n) is 7.04. The number of hydrogen-bond donors (Lipinski definition) is 6. The number of esters is 1. The third kappa shape index (κ3) is 13.4. The van der Waals surface area contributed by atoms with E-state index < -0.39 is 11.9 Å². The van der Waals surface area contributed by atoms with Gasteiger partial charge in [0.15, 0.2) is 11.6 Å². The van der Waals surface area contributed by atoms with E-state index in [9.17, 15) is 14.7 Å². The van der Waals surface area contributed by atoms with Gasteiger partial charge in [0.2, 0.25) is 0 Å². The number of pyridine rings is 3. The highest BCUT2D eigenvalue weighted by atomic mass is 35.5. The first kappa shape index (κ1) is 51.7. The summed E-state index contributed by atoms with van der Waals surface area (Å²) in [6, 6.07) is 18.9. The van der Waals surface area contributed by atoms with Gasteiger partial charge < -0.3 is 35.1 Å². The zero-order valence-corrected chi connectivity index (χ0v) is 39.5. The van der Waals surface area contributed by atoms with Crippen LogP contribution >= 0.6 is 36.4 Å². The minimum atomic E-state index is -0.597. The Morgan fingerprint density at radius 3 is 1.75 bits per heavy atom. The molecule has 1 aliphatic rings. The molecule has 0 bridgehead atoms. The van der Waals surface area contributed by atoms with Gasteiger partial charge in [0, 0.05) is 78.5 Å². The van der Waals surface area contributed by atoms with Crippen LogP contribution in [0.5, 0.6) is 0 Å². The van der Waals surface area contributed by atoms with E-state index in [1.807, 2.05) is 62.5 Å². The lowest BCUT2D eigenvalue weighted by Crippen LogP contribution is -2.28. The molecule has 0 saturated heterocycles. The molecule has 1 atom stereocenters. The number of fused-ring (bicyclic) bond motifs is 3. The van der Waals surface area contributed by atoms with E-state index in [-0.39, 0.29) is 36.5 Å². The number of aliphatic hydroxyl groups is 1. The molecule has 9 heterocycles. The predicted molar refractivity (Wildman–Crippen MR) is 266 cm³/mol. The molecule has 6 N–H and O–H groups in total. The zero-order chi connectivity index (χ0) is 46.4. The number of nitriles is 1. The SMILES string of the molecule is COC(=O)C(C#N)CC(C)C.Cl.Cl.Clc1nc(-c2ccncc2)nc2[nH]ccc12.O=c1[nH]c(-c2ccncc2)nc2[nH]ccc12.OC1CCC(Nc2nc(-c3ccncc3)nc3[nH]ccc23)CC1. The molecule has 9 aromatic heterocycles. The average molecular weight is 980 g/mol. The van der Waals surface area contributed by atoms with Crippen LogP contribution in [0.3, 0.4) is 0 Å². The molecule has 0 aromatic carbocycles. The van der Waals surface area contributed by atoms with Gasteiger partial charge in [0.05, 0.1) is 35.4 Å². The number of ether oxygens (including phenoxy) is 1. The molecule has 0 spiro atoms. The number of methoxy groups -OCH3 is 1. The van der Waals surface area contributed by atoms with Crippen molar-refractivity contribution in [3.63, 3.8) is 0 Å². The smallest absolute Gasteiger partial charge is 0.323 e. The van der Waals surface area contributed by atoms with Crippen LogP contribution in [0.4, 0.5) is 5.82 Å². The van der Waals surface area contributed by atoms with Gasteiger partial charge in [-0.3, -0.25) is 24.5 Å². The summed E-state index contributed by atoms with van der Waals surface area (Å²) in [5.41, 5.74) is 4.70. The standard InChI is InChI=1S/C17H19N5O.C11H7ClN4.C11H8N4O.C8H13NO2.2ClH/c23-13-3-1-12(2-4-13)20-17-14-7-10-19-16(14)21-15(22-17)11-5-8-18-9-6-11;12-9-8-3-6-14-11(8)16-10(15-9)7-1-4-13-5-2-7;16-11-8-3-6-13-10(8)14-9(15-11)7-1-4-12-5-2-7;1-6(2)4-7(5-9)8(10)11-3;;/h5-10,12-13,23H,1-4H2,(H2,19,20,21,22);1-6H,(H,14,15,16);1-6H,(H2,13,14,15,16);6-7H,4H2,1-3H3;2*1H. The van der Waals surface area contributed by atoms with Crippen LogP contribution in [0, 0.1) is 23.2 Å². The number of carbonyl (C=O) groups is 1. The first-order valence-electron chi connectivity index (χ1n) is 21.2. The average Bonchev–Trinajstić information content (AvgIpc) is 4.15. The Balaban J connectivity index is 0.000000173. The maximum absolute atomic E-state index is 11.7. The molecule has 1 aliphatic carbocycles. The summed E-state index contributed by atoms with van der Waals surface area (Å²) in [5, 5.41) is 24.6. The number of nitrogens with one attached hydrogen (secondary N) is 5. The van der Waals surface area contributed by atoms with Crippen molar-refractivity contribution in [1.82, 2.24) is 59.8 Å². The fraction of sp³-hybridized carbons (Fsp3) is 0.255. The molecule has 10 rings (SSSR count). The number of aromatic nitrogens is 12. The minimum Gasteiger partial charge on any atom is -0.468 e. The second-order valence-electron chi connectivity index (χ2n) is 15.6. The quantitative estimate of drug-likeness (QED) is 0.0613. The summed E-state index contributed by atoms with van der Waals surface area (Å²) < 4.78 is 4.44. The van der Waals surface area contributed by atoms with Gasteiger partial charge in [-0.15, -0.1) is 24.8 Å². The Bertz CT molecular complexity index is 3080. The van der Waals surface area contributed by atoms with Gasteiger partial charge in [-0.05, 0) is 92.6 Å². The lowest BCUT2D eigenvalue weighted by Gasteiger charge is -2.26. The molecule has 352 valence electrons. The van der Waals surface area contributed by atoms with Gasteiger partial charge in [-0.25, -0.2) is 24.9 Å². The van der Waals surface area contributed by atoms with E-state index in [0.29, 0.717) is 52.0 Å². The van der Waals surface area contributed by atoms with Crippen molar-refractivity contribution in [3.8, 4) is 40.2 Å². The summed E-state index contributed by atoms with van der Waals surface area (Å²) in [6.45, 7) is 3.93. The van der Waals surface area contributed by atoms with Crippen molar-refractivity contribution in [3.05, 3.63) is 126 Å². The molecule has 21 heteroatoms. The monoisotopic (exact) mass is 978 g/mol. The van der Waals surface area contributed by atoms with Crippen molar-refractivity contribution in [2.24, 2.45) is 11.8 Å². The Morgan fingerprint density at radius 1 is 0.735 bits per heavy atom. The molecule has 0 amide bonds. The molecular formula is C47H49Cl3N14O4. The minimum absolute atomic E-state index is 0. The highest BCUT2D eigenvalue weighted by Gasteiger charge is 2.22. The molecule has 9 aromatic rings. The predicted octanol–water partition coefficient (Wildman–Crippen LogP) is 8.91. The van der Waals surface area contributed by atoms with E-state index in [1.165, 1.54) is 7.11 Å². The van der Waals surface area contributed by atoms with Crippen LogP contribution in [0.15, 0.2) is 115 Å². The maximum Gasteiger partial charge on any atom is 0.323 e. The Labute approximate surface area is 407 Å². The first-order valence-corrected chi connectivity index (χ1v) is 21.5. The summed E-state index contributed by atoms with van der Waals surface area (Å²) in [7, 11) is 1.30. The van der Waals surface area contributed by atoms with Gasteiger partial charge in [-0.2, -0.15) is 5.26 Å². The summed E-state index contributed by atoms with van der Waals surface area (Å²) >= 11 is 6.07. The van der Waals surface area contributed by atoms with Crippen LogP contribution in [-0.4, -0.2) is 90.1 Å². The highest BCUT2D eigenvalue weighted by Crippen LogP contribution is 2.28. The maximum atomic E-state index is 11.7. The molecule has 1 saturated carbocycles. The van der Waals surface area contributed by atoms with Gasteiger partial charge >= 0.3 is 5.97 Å². The van der Waals surface area contributed by atoms with E-state index in [0.717, 1.165) is 70.3 Å². The number of nitrogens with zero attached hydrogens (tertiary/aromatic N) is 9. The van der Waals surface area contributed by atoms with Crippen LogP contribution in [0.2, 0.25) is 5.15 Å². The van der Waals surface area contributed by atoms with Crippen molar-refractivity contribution in [2.45, 2.75) is 58.1 Å². The number of carbonyl (C=O) groups excluding carboxylic acids is 1. The normalized spacial score (nSPS) is 14.3. The molecule has 1 fully saturated rings. The van der Waals surface area contributed by atoms with Crippen LogP contribution in [-0.2, 0) is 9.53 Å². The van der Waals surface area contributed by atoms with Crippen LogP contribution in [0.1, 0.15) is 46.0 Å². The van der Waals surface area contributed by atoms with E-state index >= 15 is 0 Å². The topological polar surface area (TPSA) is 266 Å². The number of aliphatic hydroxyl groups excluding tert-OH is 1. The second-order valence-corrected chi connectivity index (χ2v) is 15.9. The molecule has 0 radical (unpaired) electrons. The molecule has 1 unspecified atom stereocenters. The third-order valence-corrected chi connectivity index (χ3v) is 10.7. The van der Waals surface area contributed by atoms with Crippen LogP contribution < -0.4 is 10.9 Å². The van der Waals surface area contributed by atoms with E-state index in [2.05, 4.69) is 64.9 Å². The van der Waals surface area contributed by atoms with E-state index in [4.69, 9.17) is 21.8 Å². The summed E-state index contributed by atoms with van der Waals surface area (Å²) in [4.78, 5) is 68.6.